The van der Waals surface area contributed by atoms with Crippen LogP contribution in [0.25, 0.3) is 10.8 Å². The van der Waals surface area contributed by atoms with Crippen molar-refractivity contribution in [3.63, 3.8) is 0 Å². The number of phenols is 1. The Balaban J connectivity index is 2.35. The summed E-state index contributed by atoms with van der Waals surface area (Å²) in [6.45, 7) is 4.47. The van der Waals surface area contributed by atoms with Crippen LogP contribution in [0, 0.1) is 0 Å². The van der Waals surface area contributed by atoms with E-state index in [0.29, 0.717) is 17.6 Å². The van der Waals surface area contributed by atoms with Gasteiger partial charge in [0.25, 0.3) is 0 Å². The zero-order valence-electron chi connectivity index (χ0n) is 10.4. The first-order valence-corrected chi connectivity index (χ1v) is 6.42. The van der Waals surface area contributed by atoms with E-state index in [2.05, 4.69) is 32.0 Å². The van der Waals surface area contributed by atoms with E-state index < -0.39 is 0 Å². The molecular formula is C16H18O. The van der Waals surface area contributed by atoms with Gasteiger partial charge in [-0.25, -0.2) is 0 Å². The Labute approximate surface area is 102 Å². The Morgan fingerprint density at radius 1 is 1.18 bits per heavy atom. The second-order valence-corrected chi connectivity index (χ2v) is 5.41. The van der Waals surface area contributed by atoms with Crippen LogP contribution in [-0.2, 0) is 0 Å². The molecule has 1 N–H and O–H groups in total. The van der Waals surface area contributed by atoms with E-state index in [1.54, 1.807) is 0 Å². The van der Waals surface area contributed by atoms with Gasteiger partial charge in [-0.2, -0.15) is 0 Å². The average Bonchev–Trinajstić information content (AvgIpc) is 3.10. The van der Waals surface area contributed by atoms with Crippen LogP contribution < -0.4 is 0 Å². The highest BCUT2D eigenvalue weighted by Gasteiger charge is 2.27. The molecular weight excluding hydrogens is 208 g/mol. The van der Waals surface area contributed by atoms with E-state index in [1.165, 1.54) is 34.7 Å². The van der Waals surface area contributed by atoms with E-state index in [-0.39, 0.29) is 0 Å². The zero-order valence-corrected chi connectivity index (χ0v) is 10.4. The number of hydrogen-bond donors (Lipinski definition) is 1. The Kier molecular flexibility index (Phi) is 2.36. The molecule has 0 radical (unpaired) electrons. The number of fused-ring (bicyclic) bond motifs is 1. The summed E-state index contributed by atoms with van der Waals surface area (Å²) < 4.78 is 0. The lowest BCUT2D eigenvalue weighted by atomic mass is 9.91. The molecule has 0 unspecified atom stereocenters. The van der Waals surface area contributed by atoms with Gasteiger partial charge >= 0.3 is 0 Å². The van der Waals surface area contributed by atoms with Crippen LogP contribution in [0.4, 0.5) is 0 Å². The predicted molar refractivity (Wildman–Crippen MR) is 71.7 cm³/mol. The minimum atomic E-state index is 0.403. The summed E-state index contributed by atoms with van der Waals surface area (Å²) in [5.41, 5.74) is 2.76. The Bertz CT molecular complexity index is 565. The van der Waals surface area contributed by atoms with Gasteiger partial charge in [-0.3, -0.25) is 0 Å². The maximum atomic E-state index is 9.82. The Morgan fingerprint density at radius 2 is 1.94 bits per heavy atom. The molecule has 0 bridgehead atoms. The van der Waals surface area contributed by atoms with Gasteiger partial charge in [0.15, 0.2) is 0 Å². The maximum Gasteiger partial charge on any atom is 0.116 e. The molecule has 1 saturated carbocycles. The van der Waals surface area contributed by atoms with Crippen LogP contribution in [0.1, 0.15) is 49.7 Å². The molecule has 17 heavy (non-hydrogen) atoms. The van der Waals surface area contributed by atoms with Crippen molar-refractivity contribution in [2.45, 2.75) is 38.5 Å². The van der Waals surface area contributed by atoms with Crippen molar-refractivity contribution in [3.8, 4) is 5.75 Å². The second kappa shape index (κ2) is 3.76. The molecule has 3 rings (SSSR count). The van der Waals surface area contributed by atoms with Gasteiger partial charge in [0.1, 0.15) is 5.75 Å². The average molecular weight is 226 g/mol. The fourth-order valence-electron chi connectivity index (χ4n) is 2.67. The first-order chi connectivity index (χ1) is 8.16. The number of rotatable bonds is 2. The smallest absolute Gasteiger partial charge is 0.116 e. The van der Waals surface area contributed by atoms with Crippen molar-refractivity contribution < 1.29 is 5.11 Å². The normalized spacial score (nSPS) is 15.7. The minimum absolute atomic E-state index is 0.403. The van der Waals surface area contributed by atoms with Gasteiger partial charge in [0, 0.05) is 0 Å². The summed E-state index contributed by atoms with van der Waals surface area (Å²) >= 11 is 0. The molecule has 0 spiro atoms. The van der Waals surface area contributed by atoms with Crippen molar-refractivity contribution in [1.82, 2.24) is 0 Å². The predicted octanol–water partition coefficient (Wildman–Crippen LogP) is 4.55. The molecule has 1 aliphatic carbocycles. The van der Waals surface area contributed by atoms with Crippen molar-refractivity contribution in [1.29, 1.82) is 0 Å². The third-order valence-electron chi connectivity index (χ3n) is 3.66. The number of phenolic OH excluding ortho intramolecular Hbond substituents is 1. The fourth-order valence-corrected chi connectivity index (χ4v) is 2.67. The zero-order chi connectivity index (χ0) is 12.0. The molecule has 88 valence electrons. The van der Waals surface area contributed by atoms with Gasteiger partial charge < -0.3 is 5.11 Å². The van der Waals surface area contributed by atoms with Gasteiger partial charge in [0.2, 0.25) is 0 Å². The monoisotopic (exact) mass is 226 g/mol. The summed E-state index contributed by atoms with van der Waals surface area (Å²) in [5, 5.41) is 12.4. The highest BCUT2D eigenvalue weighted by molar-refractivity contribution is 5.91. The highest BCUT2D eigenvalue weighted by atomic mass is 16.3. The molecule has 1 fully saturated rings. The molecule has 0 saturated heterocycles. The summed E-state index contributed by atoms with van der Waals surface area (Å²) in [7, 11) is 0. The summed E-state index contributed by atoms with van der Waals surface area (Å²) in [5.74, 6) is 1.60. The van der Waals surface area contributed by atoms with Crippen molar-refractivity contribution >= 4 is 10.8 Å². The lowest BCUT2D eigenvalue weighted by Gasteiger charge is -2.14. The van der Waals surface area contributed by atoms with E-state index in [9.17, 15) is 5.11 Å². The second-order valence-electron chi connectivity index (χ2n) is 5.41. The first-order valence-electron chi connectivity index (χ1n) is 6.42. The minimum Gasteiger partial charge on any atom is -0.508 e. The van der Waals surface area contributed by atoms with Gasteiger partial charge in [-0.05, 0) is 58.7 Å². The lowest BCUT2D eigenvalue weighted by Crippen LogP contribution is -1.93. The summed E-state index contributed by atoms with van der Waals surface area (Å²) in [6, 6.07) is 10.3. The number of aromatic hydroxyl groups is 1. The number of benzene rings is 2. The van der Waals surface area contributed by atoms with Crippen LogP contribution in [0.2, 0.25) is 0 Å². The Morgan fingerprint density at radius 3 is 2.59 bits per heavy atom. The summed E-state index contributed by atoms with van der Waals surface area (Å²) in [4.78, 5) is 0. The van der Waals surface area contributed by atoms with Gasteiger partial charge in [0.05, 0.1) is 0 Å². The Hall–Kier alpha value is -1.50. The fraction of sp³-hybridized carbons (Fsp3) is 0.375. The van der Waals surface area contributed by atoms with Crippen LogP contribution >= 0.6 is 0 Å². The van der Waals surface area contributed by atoms with Crippen molar-refractivity contribution in [3.05, 3.63) is 41.5 Å². The molecule has 0 aliphatic heterocycles. The largest absolute Gasteiger partial charge is 0.508 e. The lowest BCUT2D eigenvalue weighted by molar-refractivity contribution is 0.475. The van der Waals surface area contributed by atoms with Crippen LogP contribution in [0.3, 0.4) is 0 Å². The van der Waals surface area contributed by atoms with E-state index in [1.807, 2.05) is 12.1 Å². The maximum absolute atomic E-state index is 9.82. The molecule has 0 atom stereocenters. The molecule has 2 aromatic carbocycles. The summed E-state index contributed by atoms with van der Waals surface area (Å²) in [6.07, 6.45) is 2.54. The SMILES string of the molecule is CC(C)c1cccc2cc(O)cc(C3CC3)c12. The van der Waals surface area contributed by atoms with Crippen LogP contribution in [0.5, 0.6) is 5.75 Å². The standard InChI is InChI=1S/C16H18O/c1-10(2)14-5-3-4-12-8-13(17)9-15(16(12)14)11-6-7-11/h3-5,8-11,17H,6-7H2,1-2H3. The quantitative estimate of drug-likeness (QED) is 0.796. The molecule has 0 aromatic heterocycles. The molecule has 0 amide bonds. The van der Waals surface area contributed by atoms with Crippen LogP contribution in [0.15, 0.2) is 30.3 Å². The molecule has 1 heteroatoms. The van der Waals surface area contributed by atoms with Crippen molar-refractivity contribution in [2.24, 2.45) is 0 Å². The van der Waals surface area contributed by atoms with E-state index in [0.717, 1.165) is 0 Å². The van der Waals surface area contributed by atoms with Gasteiger partial charge in [-0.1, -0.05) is 32.0 Å². The third kappa shape index (κ3) is 1.80. The van der Waals surface area contributed by atoms with E-state index in [4.69, 9.17) is 0 Å². The molecule has 2 aromatic rings. The molecule has 1 aliphatic rings. The van der Waals surface area contributed by atoms with Gasteiger partial charge in [-0.15, -0.1) is 0 Å². The topological polar surface area (TPSA) is 20.2 Å². The number of hydrogen-bond acceptors (Lipinski definition) is 1. The third-order valence-corrected chi connectivity index (χ3v) is 3.66. The van der Waals surface area contributed by atoms with Crippen LogP contribution in [-0.4, -0.2) is 5.11 Å². The highest BCUT2D eigenvalue weighted by Crippen LogP contribution is 2.46. The molecule has 0 heterocycles. The van der Waals surface area contributed by atoms with Crippen molar-refractivity contribution in [2.75, 3.05) is 0 Å². The first kappa shape index (κ1) is 10.6. The van der Waals surface area contributed by atoms with E-state index >= 15 is 0 Å². The molecule has 1 nitrogen and oxygen atoms in total.